The third-order valence-corrected chi connectivity index (χ3v) is 1.96. The van der Waals surface area contributed by atoms with Gasteiger partial charge in [-0.3, -0.25) is 0 Å². The van der Waals surface area contributed by atoms with Crippen LogP contribution in [-0.2, 0) is 0 Å². The van der Waals surface area contributed by atoms with Crippen molar-refractivity contribution in [2.24, 2.45) is 10.6 Å². The lowest BCUT2D eigenvalue weighted by Gasteiger charge is -2.10. The summed E-state index contributed by atoms with van der Waals surface area (Å²) in [6, 6.07) is -1.58. The Bertz CT molecular complexity index is 298. The van der Waals surface area contributed by atoms with Gasteiger partial charge in [-0.05, 0) is 0 Å². The van der Waals surface area contributed by atoms with Crippen LogP contribution >= 0.6 is 0 Å². The second kappa shape index (κ2) is 2.61. The molecule has 2 rings (SSSR count). The molecule has 2 N–H and O–H groups in total. The van der Waals surface area contributed by atoms with Crippen LogP contribution in [0.15, 0.2) is 10.6 Å². The Balaban J connectivity index is 2.29. The molecule has 2 aliphatic heterocycles. The number of urea groups is 2. The van der Waals surface area contributed by atoms with E-state index in [0.29, 0.717) is 10.0 Å². The molecule has 2 atom stereocenters. The third-order valence-electron chi connectivity index (χ3n) is 1.96. The lowest BCUT2D eigenvalue weighted by molar-refractivity contribution is 0.197. The van der Waals surface area contributed by atoms with Crippen molar-refractivity contribution >= 4 is 12.1 Å². The van der Waals surface area contributed by atoms with Crippen LogP contribution in [0.4, 0.5) is 9.59 Å². The fraction of sp³-hybridized carbons (Fsp3) is 0.500. The van der Waals surface area contributed by atoms with Gasteiger partial charge in [0.2, 0.25) is 0 Å². The van der Waals surface area contributed by atoms with Crippen LogP contribution in [0.3, 0.4) is 0 Å². The molecule has 0 radical (unpaired) electrons. The number of amides is 4. The first-order valence-corrected chi connectivity index (χ1v) is 3.55. The SMILES string of the molecule is O=NN1C(=O)NC2C1NC(=O)N2N=O. The number of hydrogen-bond acceptors (Lipinski definition) is 6. The minimum Gasteiger partial charge on any atom is -0.310 e. The number of carbonyl (C=O) groups excluding carboxylic acids is 2. The van der Waals surface area contributed by atoms with Crippen molar-refractivity contribution in [3.63, 3.8) is 0 Å². The van der Waals surface area contributed by atoms with Gasteiger partial charge in [0.05, 0.1) is 10.6 Å². The number of hydrogen-bond donors (Lipinski definition) is 2. The van der Waals surface area contributed by atoms with Gasteiger partial charge in [0.25, 0.3) is 0 Å². The maximum Gasteiger partial charge on any atom is 0.344 e. The second-order valence-electron chi connectivity index (χ2n) is 2.64. The third kappa shape index (κ3) is 0.841. The van der Waals surface area contributed by atoms with Crippen molar-refractivity contribution in [2.75, 3.05) is 0 Å². The van der Waals surface area contributed by atoms with Crippen LogP contribution < -0.4 is 10.6 Å². The Morgan fingerprint density at radius 3 is 1.57 bits per heavy atom. The molecule has 2 aliphatic rings. The van der Waals surface area contributed by atoms with Crippen LogP contribution in [0, 0.1) is 9.81 Å². The van der Waals surface area contributed by atoms with E-state index in [1.54, 1.807) is 0 Å². The van der Waals surface area contributed by atoms with Gasteiger partial charge in [0.1, 0.15) is 0 Å². The maximum atomic E-state index is 11.0. The molecule has 0 saturated carbocycles. The van der Waals surface area contributed by atoms with Crippen molar-refractivity contribution in [1.82, 2.24) is 20.7 Å². The van der Waals surface area contributed by atoms with Gasteiger partial charge in [0, 0.05) is 0 Å². The molecule has 0 aromatic heterocycles. The monoisotopic (exact) mass is 200 g/mol. The van der Waals surface area contributed by atoms with E-state index in [-0.39, 0.29) is 0 Å². The molecule has 0 spiro atoms. The van der Waals surface area contributed by atoms with Gasteiger partial charge in [0.15, 0.2) is 12.3 Å². The van der Waals surface area contributed by atoms with Crippen molar-refractivity contribution in [1.29, 1.82) is 0 Å². The molecule has 0 aromatic rings. The Hall–Kier alpha value is -2.26. The molecule has 2 fully saturated rings. The highest BCUT2D eigenvalue weighted by atomic mass is 16.3. The lowest BCUT2D eigenvalue weighted by Crippen LogP contribution is -2.40. The Labute approximate surface area is 76.1 Å². The normalized spacial score (nSPS) is 29.7. The molecular weight excluding hydrogens is 196 g/mol. The van der Waals surface area contributed by atoms with E-state index in [9.17, 15) is 19.4 Å². The largest absolute Gasteiger partial charge is 0.344 e. The summed E-state index contributed by atoms with van der Waals surface area (Å²) in [6.45, 7) is 0. The number of carbonyl (C=O) groups is 2. The van der Waals surface area contributed by atoms with E-state index < -0.39 is 24.4 Å². The van der Waals surface area contributed by atoms with Crippen LogP contribution in [0.2, 0.25) is 0 Å². The molecule has 0 bridgehead atoms. The van der Waals surface area contributed by atoms with Gasteiger partial charge in [-0.15, -0.1) is 9.81 Å². The molecule has 14 heavy (non-hydrogen) atoms. The molecule has 10 nitrogen and oxygen atoms in total. The number of nitrogens with one attached hydrogen (secondary N) is 2. The quantitative estimate of drug-likeness (QED) is 0.557. The molecule has 0 aromatic carbocycles. The smallest absolute Gasteiger partial charge is 0.310 e. The topological polar surface area (TPSA) is 124 Å². The Morgan fingerprint density at radius 2 is 1.29 bits per heavy atom. The molecule has 4 amide bonds. The summed E-state index contributed by atoms with van der Waals surface area (Å²) in [7, 11) is 0. The zero-order chi connectivity index (χ0) is 10.3. The summed E-state index contributed by atoms with van der Waals surface area (Å²) in [5.74, 6) is 0. The van der Waals surface area contributed by atoms with Gasteiger partial charge in [-0.1, -0.05) is 0 Å². The standard InChI is InChI=1S/C4H4N6O4/c11-3-5-1-2(10(3)8-14)6-4(12)9(1)7-13/h1-2H,(H,5,11)(H,6,12). The molecule has 74 valence electrons. The zero-order valence-electron chi connectivity index (χ0n) is 6.58. The van der Waals surface area contributed by atoms with Crippen molar-refractivity contribution in [3.8, 4) is 0 Å². The molecule has 0 aliphatic carbocycles. The maximum absolute atomic E-state index is 11.0. The van der Waals surface area contributed by atoms with Crippen LogP contribution in [0.25, 0.3) is 0 Å². The highest BCUT2D eigenvalue weighted by Crippen LogP contribution is 2.21. The van der Waals surface area contributed by atoms with Crippen molar-refractivity contribution in [2.45, 2.75) is 12.3 Å². The predicted octanol–water partition coefficient (Wildman–Crippen LogP) is -0.948. The molecule has 2 saturated heterocycles. The number of nitrogens with zero attached hydrogens (tertiary/aromatic N) is 4. The summed E-state index contributed by atoms with van der Waals surface area (Å²) in [4.78, 5) is 42.4. The van der Waals surface area contributed by atoms with E-state index in [2.05, 4.69) is 21.2 Å². The summed E-state index contributed by atoms with van der Waals surface area (Å²) >= 11 is 0. The van der Waals surface area contributed by atoms with Gasteiger partial charge >= 0.3 is 12.1 Å². The fourth-order valence-corrected chi connectivity index (χ4v) is 1.36. The number of nitroso groups, excluding NO2 is 2. The molecular formula is C4H4N6O4. The highest BCUT2D eigenvalue weighted by molar-refractivity contribution is 5.84. The van der Waals surface area contributed by atoms with E-state index in [4.69, 9.17) is 0 Å². The van der Waals surface area contributed by atoms with Crippen LogP contribution in [0.1, 0.15) is 0 Å². The average molecular weight is 200 g/mol. The molecule has 10 heteroatoms. The summed E-state index contributed by atoms with van der Waals surface area (Å²) in [6.07, 6.45) is -1.96. The first kappa shape index (κ1) is 8.34. The molecule has 2 unspecified atom stereocenters. The van der Waals surface area contributed by atoms with Crippen LogP contribution in [0.5, 0.6) is 0 Å². The minimum absolute atomic E-state index is 0.494. The van der Waals surface area contributed by atoms with Gasteiger partial charge in [-0.2, -0.15) is 10.0 Å². The Kier molecular flexibility index (Phi) is 1.56. The minimum atomic E-state index is -0.981. The molecule has 2 heterocycles. The first-order chi connectivity index (χ1) is 6.69. The van der Waals surface area contributed by atoms with Crippen molar-refractivity contribution < 1.29 is 9.59 Å². The second-order valence-corrected chi connectivity index (χ2v) is 2.64. The Morgan fingerprint density at radius 1 is 0.929 bits per heavy atom. The predicted molar refractivity (Wildman–Crippen MR) is 39.9 cm³/mol. The van der Waals surface area contributed by atoms with E-state index in [0.717, 1.165) is 0 Å². The number of rotatable bonds is 2. The van der Waals surface area contributed by atoms with Gasteiger partial charge in [-0.25, -0.2) is 9.59 Å². The van der Waals surface area contributed by atoms with E-state index in [1.165, 1.54) is 0 Å². The van der Waals surface area contributed by atoms with Crippen molar-refractivity contribution in [3.05, 3.63) is 9.81 Å². The van der Waals surface area contributed by atoms with E-state index >= 15 is 0 Å². The van der Waals surface area contributed by atoms with Gasteiger partial charge < -0.3 is 10.6 Å². The number of fused-ring (bicyclic) bond motifs is 1. The van der Waals surface area contributed by atoms with E-state index in [1.807, 2.05) is 0 Å². The zero-order valence-corrected chi connectivity index (χ0v) is 6.58. The summed E-state index contributed by atoms with van der Waals surface area (Å²) < 4.78 is 0. The fourth-order valence-electron chi connectivity index (χ4n) is 1.36. The van der Waals surface area contributed by atoms with Crippen LogP contribution in [-0.4, -0.2) is 34.4 Å². The lowest BCUT2D eigenvalue weighted by atomic mass is 10.4. The highest BCUT2D eigenvalue weighted by Gasteiger charge is 2.52. The first-order valence-electron chi connectivity index (χ1n) is 3.55. The average Bonchev–Trinajstić information content (AvgIpc) is 2.58. The summed E-state index contributed by atoms with van der Waals surface area (Å²) in [5.41, 5.74) is 0. The summed E-state index contributed by atoms with van der Waals surface area (Å²) in [5, 5.41) is 10.2.